The standard InChI is InChI=1S/C10H11NO/c12-7-8-5-6-11-10-4-2-1-3-9(8)10/h1-6,8,11-12H,7H2. The van der Waals surface area contributed by atoms with Crippen LogP contribution in [0.3, 0.4) is 0 Å². The molecule has 0 bridgehead atoms. The van der Waals surface area contributed by atoms with Crippen molar-refractivity contribution in [3.63, 3.8) is 0 Å². The van der Waals surface area contributed by atoms with Crippen molar-refractivity contribution in [3.8, 4) is 0 Å². The van der Waals surface area contributed by atoms with Gasteiger partial charge in [-0.3, -0.25) is 0 Å². The first-order chi connectivity index (χ1) is 5.92. The molecule has 1 aliphatic heterocycles. The molecule has 1 aromatic carbocycles. The minimum Gasteiger partial charge on any atom is -0.395 e. The average Bonchev–Trinajstić information content (AvgIpc) is 2.17. The first kappa shape index (κ1) is 7.37. The lowest BCUT2D eigenvalue weighted by Crippen LogP contribution is -2.09. The van der Waals surface area contributed by atoms with E-state index in [-0.39, 0.29) is 12.5 Å². The highest BCUT2D eigenvalue weighted by molar-refractivity contribution is 5.58. The van der Waals surface area contributed by atoms with E-state index in [1.807, 2.05) is 36.5 Å². The summed E-state index contributed by atoms with van der Waals surface area (Å²) in [7, 11) is 0. The van der Waals surface area contributed by atoms with E-state index in [4.69, 9.17) is 5.11 Å². The molecule has 0 spiro atoms. The fourth-order valence-electron chi connectivity index (χ4n) is 1.47. The van der Waals surface area contributed by atoms with Gasteiger partial charge in [-0.15, -0.1) is 0 Å². The van der Waals surface area contributed by atoms with Crippen molar-refractivity contribution in [3.05, 3.63) is 42.1 Å². The topological polar surface area (TPSA) is 32.3 Å². The third-order valence-electron chi connectivity index (χ3n) is 2.12. The van der Waals surface area contributed by atoms with Crippen LogP contribution in [0, 0.1) is 0 Å². The third-order valence-corrected chi connectivity index (χ3v) is 2.12. The number of nitrogens with one attached hydrogen (secondary N) is 1. The molecule has 0 saturated carbocycles. The fraction of sp³-hybridized carbons (Fsp3) is 0.200. The Hall–Kier alpha value is -1.28. The van der Waals surface area contributed by atoms with E-state index in [2.05, 4.69) is 5.32 Å². The van der Waals surface area contributed by atoms with Crippen molar-refractivity contribution < 1.29 is 5.11 Å². The number of rotatable bonds is 1. The maximum absolute atomic E-state index is 9.06. The molecule has 12 heavy (non-hydrogen) atoms. The van der Waals surface area contributed by atoms with Gasteiger partial charge in [-0.2, -0.15) is 0 Å². The van der Waals surface area contributed by atoms with Crippen molar-refractivity contribution in [2.45, 2.75) is 5.92 Å². The van der Waals surface area contributed by atoms with Gasteiger partial charge in [0.05, 0.1) is 6.61 Å². The highest BCUT2D eigenvalue weighted by Crippen LogP contribution is 2.28. The van der Waals surface area contributed by atoms with Crippen LogP contribution in [0.1, 0.15) is 11.5 Å². The smallest absolute Gasteiger partial charge is 0.0535 e. The van der Waals surface area contributed by atoms with Crippen LogP contribution in [0.4, 0.5) is 5.69 Å². The Labute approximate surface area is 71.5 Å². The first-order valence-electron chi connectivity index (χ1n) is 4.05. The summed E-state index contributed by atoms with van der Waals surface area (Å²) in [6, 6.07) is 8.02. The summed E-state index contributed by atoms with van der Waals surface area (Å²) in [6.45, 7) is 0.176. The largest absolute Gasteiger partial charge is 0.395 e. The van der Waals surface area contributed by atoms with E-state index >= 15 is 0 Å². The second kappa shape index (κ2) is 2.99. The zero-order valence-corrected chi connectivity index (χ0v) is 6.70. The highest BCUT2D eigenvalue weighted by Gasteiger charge is 2.13. The molecule has 2 heteroatoms. The van der Waals surface area contributed by atoms with Crippen LogP contribution in [0.15, 0.2) is 36.5 Å². The Morgan fingerprint density at radius 2 is 2.17 bits per heavy atom. The van der Waals surface area contributed by atoms with Crippen molar-refractivity contribution in [2.24, 2.45) is 0 Å². The molecule has 1 unspecified atom stereocenters. The molecule has 1 aliphatic rings. The van der Waals surface area contributed by atoms with E-state index in [1.165, 1.54) is 5.56 Å². The van der Waals surface area contributed by atoms with Crippen LogP contribution in [0.25, 0.3) is 0 Å². The van der Waals surface area contributed by atoms with E-state index in [0.29, 0.717) is 0 Å². The number of benzene rings is 1. The Kier molecular flexibility index (Phi) is 1.84. The molecule has 2 rings (SSSR count). The van der Waals surface area contributed by atoms with Crippen LogP contribution in [-0.4, -0.2) is 11.7 Å². The molecule has 62 valence electrons. The summed E-state index contributed by atoms with van der Waals surface area (Å²) in [5.41, 5.74) is 2.27. The molecule has 0 saturated heterocycles. The zero-order valence-electron chi connectivity index (χ0n) is 6.70. The zero-order chi connectivity index (χ0) is 8.39. The summed E-state index contributed by atoms with van der Waals surface area (Å²) < 4.78 is 0. The molecular formula is C10H11NO. The molecule has 2 N–H and O–H groups in total. The van der Waals surface area contributed by atoms with Crippen LogP contribution in [-0.2, 0) is 0 Å². The molecule has 0 aliphatic carbocycles. The Morgan fingerprint density at radius 3 is 3.00 bits per heavy atom. The van der Waals surface area contributed by atoms with Gasteiger partial charge in [0.25, 0.3) is 0 Å². The summed E-state index contributed by atoms with van der Waals surface area (Å²) in [5.74, 6) is 0.155. The lowest BCUT2D eigenvalue weighted by atomic mass is 9.96. The highest BCUT2D eigenvalue weighted by atomic mass is 16.3. The first-order valence-corrected chi connectivity index (χ1v) is 4.05. The fourth-order valence-corrected chi connectivity index (χ4v) is 1.47. The second-order valence-corrected chi connectivity index (χ2v) is 2.88. The van der Waals surface area contributed by atoms with E-state index in [1.54, 1.807) is 0 Å². The summed E-state index contributed by atoms with van der Waals surface area (Å²) in [5, 5.41) is 12.2. The molecule has 0 fully saturated rings. The monoisotopic (exact) mass is 161 g/mol. The Balaban J connectivity index is 2.43. The van der Waals surface area contributed by atoms with Gasteiger partial charge < -0.3 is 10.4 Å². The van der Waals surface area contributed by atoms with E-state index < -0.39 is 0 Å². The van der Waals surface area contributed by atoms with Crippen LogP contribution in [0.5, 0.6) is 0 Å². The summed E-state index contributed by atoms with van der Waals surface area (Å²) in [4.78, 5) is 0. The summed E-state index contributed by atoms with van der Waals surface area (Å²) >= 11 is 0. The number of para-hydroxylation sites is 1. The van der Waals surface area contributed by atoms with Crippen molar-refractivity contribution in [2.75, 3.05) is 11.9 Å². The SMILES string of the molecule is OCC1C=CNc2ccccc21. The molecule has 1 heterocycles. The molecule has 0 radical (unpaired) electrons. The second-order valence-electron chi connectivity index (χ2n) is 2.88. The van der Waals surface area contributed by atoms with Crippen molar-refractivity contribution in [1.29, 1.82) is 0 Å². The molecule has 2 nitrogen and oxygen atoms in total. The molecule has 0 aromatic heterocycles. The minimum atomic E-state index is 0.155. The number of aliphatic hydroxyl groups is 1. The van der Waals surface area contributed by atoms with Gasteiger partial charge in [-0.1, -0.05) is 24.3 Å². The number of hydrogen-bond acceptors (Lipinski definition) is 2. The van der Waals surface area contributed by atoms with Gasteiger partial charge >= 0.3 is 0 Å². The van der Waals surface area contributed by atoms with Gasteiger partial charge in [0.15, 0.2) is 0 Å². The normalized spacial score (nSPS) is 19.9. The predicted octanol–water partition coefficient (Wildman–Crippen LogP) is 1.70. The maximum atomic E-state index is 9.06. The lowest BCUT2D eigenvalue weighted by molar-refractivity contribution is 0.283. The third kappa shape index (κ3) is 1.10. The molecular weight excluding hydrogens is 150 g/mol. The number of fused-ring (bicyclic) bond motifs is 1. The van der Waals surface area contributed by atoms with Crippen molar-refractivity contribution in [1.82, 2.24) is 0 Å². The quantitative estimate of drug-likeness (QED) is 0.657. The predicted molar refractivity (Wildman–Crippen MR) is 49.0 cm³/mol. The summed E-state index contributed by atoms with van der Waals surface area (Å²) in [6.07, 6.45) is 3.85. The van der Waals surface area contributed by atoms with E-state index in [0.717, 1.165) is 5.69 Å². The number of anilines is 1. The minimum absolute atomic E-state index is 0.155. The van der Waals surface area contributed by atoms with Gasteiger partial charge in [0, 0.05) is 11.6 Å². The number of aliphatic hydroxyl groups excluding tert-OH is 1. The maximum Gasteiger partial charge on any atom is 0.0535 e. The van der Waals surface area contributed by atoms with Gasteiger partial charge in [-0.05, 0) is 17.8 Å². The number of hydrogen-bond donors (Lipinski definition) is 2. The van der Waals surface area contributed by atoms with Crippen LogP contribution >= 0.6 is 0 Å². The van der Waals surface area contributed by atoms with Gasteiger partial charge in [-0.25, -0.2) is 0 Å². The molecule has 0 amide bonds. The Bertz CT molecular complexity index is 306. The lowest BCUT2D eigenvalue weighted by Gasteiger charge is -2.19. The average molecular weight is 161 g/mol. The van der Waals surface area contributed by atoms with Gasteiger partial charge in [0.1, 0.15) is 0 Å². The van der Waals surface area contributed by atoms with Crippen molar-refractivity contribution >= 4 is 5.69 Å². The van der Waals surface area contributed by atoms with Crippen LogP contribution < -0.4 is 5.32 Å². The van der Waals surface area contributed by atoms with Crippen LogP contribution in [0.2, 0.25) is 0 Å². The van der Waals surface area contributed by atoms with Gasteiger partial charge in [0.2, 0.25) is 0 Å². The van der Waals surface area contributed by atoms with E-state index in [9.17, 15) is 0 Å². The molecule has 1 aromatic rings. The Morgan fingerprint density at radius 1 is 1.33 bits per heavy atom. The molecule has 1 atom stereocenters.